The van der Waals surface area contributed by atoms with Crippen LogP contribution in [0.4, 0.5) is 10.5 Å². The molecule has 1 aliphatic heterocycles. The van der Waals surface area contributed by atoms with Crippen molar-refractivity contribution in [3.63, 3.8) is 0 Å². The number of nitrogens with one attached hydrogen (secondary N) is 1. The summed E-state index contributed by atoms with van der Waals surface area (Å²) in [4.78, 5) is 25.5. The summed E-state index contributed by atoms with van der Waals surface area (Å²) in [5.74, 6) is 0.00258. The van der Waals surface area contributed by atoms with Crippen molar-refractivity contribution < 1.29 is 9.59 Å². The molecule has 2 amide bonds. The van der Waals surface area contributed by atoms with Crippen molar-refractivity contribution in [2.45, 2.75) is 40.0 Å². The van der Waals surface area contributed by atoms with E-state index >= 15 is 0 Å². The molecule has 1 fully saturated rings. The van der Waals surface area contributed by atoms with Gasteiger partial charge in [0.05, 0.1) is 0 Å². The van der Waals surface area contributed by atoms with E-state index in [-0.39, 0.29) is 11.8 Å². The molecule has 0 saturated carbocycles. The van der Waals surface area contributed by atoms with Crippen molar-refractivity contribution >= 4 is 17.5 Å². The minimum atomic E-state index is -0.0751. The topological polar surface area (TPSA) is 49.4 Å². The monoisotopic (exact) mass is 288 g/mol. The molecular formula is C17H24N2O2. The molecule has 21 heavy (non-hydrogen) atoms. The number of ketones is 1. The Balaban J connectivity index is 1.96. The van der Waals surface area contributed by atoms with Gasteiger partial charge < -0.3 is 10.2 Å². The van der Waals surface area contributed by atoms with Crippen LogP contribution in [0.1, 0.15) is 50.4 Å². The highest BCUT2D eigenvalue weighted by atomic mass is 16.2. The number of carbonyl (C=O) groups excluding carboxylic acids is 2. The van der Waals surface area contributed by atoms with Crippen LogP contribution in [0.2, 0.25) is 0 Å². The maximum absolute atomic E-state index is 12.3. The van der Waals surface area contributed by atoms with Crippen LogP contribution in [0, 0.1) is 5.41 Å². The van der Waals surface area contributed by atoms with E-state index in [9.17, 15) is 9.59 Å². The first-order valence-corrected chi connectivity index (χ1v) is 7.60. The second-order valence-corrected chi connectivity index (χ2v) is 6.22. The second-order valence-electron chi connectivity index (χ2n) is 6.22. The second kappa shape index (κ2) is 6.29. The van der Waals surface area contributed by atoms with Crippen LogP contribution in [0.3, 0.4) is 0 Å². The van der Waals surface area contributed by atoms with Crippen LogP contribution in [0.5, 0.6) is 0 Å². The van der Waals surface area contributed by atoms with Gasteiger partial charge in [-0.05, 0) is 37.3 Å². The summed E-state index contributed by atoms with van der Waals surface area (Å²) in [6.07, 6.45) is 3.25. The highest BCUT2D eigenvalue weighted by molar-refractivity contribution is 5.96. The fraction of sp³-hybridized carbons (Fsp3) is 0.529. The molecule has 4 heteroatoms. The van der Waals surface area contributed by atoms with Crippen molar-refractivity contribution in [3.05, 3.63) is 29.8 Å². The number of carbonyl (C=O) groups is 2. The molecule has 1 heterocycles. The largest absolute Gasteiger partial charge is 0.324 e. The molecule has 1 aromatic carbocycles. The van der Waals surface area contributed by atoms with E-state index in [0.717, 1.165) is 32.4 Å². The van der Waals surface area contributed by atoms with Gasteiger partial charge in [0.25, 0.3) is 0 Å². The minimum absolute atomic E-state index is 0.00258. The van der Waals surface area contributed by atoms with Gasteiger partial charge in [0, 0.05) is 24.3 Å². The van der Waals surface area contributed by atoms with E-state index in [0.29, 0.717) is 16.7 Å². The maximum atomic E-state index is 12.3. The Morgan fingerprint density at radius 3 is 2.52 bits per heavy atom. The van der Waals surface area contributed by atoms with Gasteiger partial charge in [-0.15, -0.1) is 0 Å². The third-order valence-corrected chi connectivity index (χ3v) is 4.63. The van der Waals surface area contributed by atoms with Crippen LogP contribution in [-0.4, -0.2) is 29.8 Å². The van der Waals surface area contributed by atoms with Crippen molar-refractivity contribution in [2.24, 2.45) is 5.41 Å². The van der Waals surface area contributed by atoms with Gasteiger partial charge in [-0.1, -0.05) is 32.4 Å². The lowest BCUT2D eigenvalue weighted by Crippen LogP contribution is -2.43. The number of likely N-dealkylation sites (tertiary alicyclic amines) is 1. The number of nitrogens with zero attached hydrogens (tertiary/aromatic N) is 1. The molecule has 2 rings (SSSR count). The summed E-state index contributed by atoms with van der Waals surface area (Å²) in [6, 6.07) is 7.00. The van der Waals surface area contributed by atoms with Crippen molar-refractivity contribution in [1.29, 1.82) is 0 Å². The summed E-state index contributed by atoms with van der Waals surface area (Å²) in [6.45, 7) is 7.61. The lowest BCUT2D eigenvalue weighted by Gasteiger charge is -2.38. The van der Waals surface area contributed by atoms with Gasteiger partial charge in [0.2, 0.25) is 0 Å². The zero-order valence-electron chi connectivity index (χ0n) is 13.1. The Bertz CT molecular complexity index is 531. The van der Waals surface area contributed by atoms with Gasteiger partial charge in [0.15, 0.2) is 5.78 Å². The number of anilines is 1. The molecule has 4 nitrogen and oxygen atoms in total. The Morgan fingerprint density at radius 1 is 1.29 bits per heavy atom. The molecule has 0 spiro atoms. The fourth-order valence-electron chi connectivity index (χ4n) is 2.62. The molecule has 0 unspecified atom stereocenters. The van der Waals surface area contributed by atoms with Crippen molar-refractivity contribution in [1.82, 2.24) is 4.90 Å². The highest BCUT2D eigenvalue weighted by Gasteiger charge is 2.30. The number of rotatable bonds is 3. The van der Waals surface area contributed by atoms with Gasteiger partial charge in [0.1, 0.15) is 0 Å². The molecule has 0 bridgehead atoms. The van der Waals surface area contributed by atoms with Crippen molar-refractivity contribution in [3.8, 4) is 0 Å². The molecule has 1 aromatic rings. The highest BCUT2D eigenvalue weighted by Crippen LogP contribution is 2.34. The lowest BCUT2D eigenvalue weighted by molar-refractivity contribution is 0.101. The molecule has 0 aliphatic carbocycles. The van der Waals surface area contributed by atoms with Crippen LogP contribution >= 0.6 is 0 Å². The molecule has 1 saturated heterocycles. The maximum Gasteiger partial charge on any atom is 0.321 e. The van der Waals surface area contributed by atoms with E-state index in [1.807, 2.05) is 11.0 Å². The first-order valence-electron chi connectivity index (χ1n) is 7.60. The normalized spacial score (nSPS) is 17.4. The quantitative estimate of drug-likeness (QED) is 0.857. The third kappa shape index (κ3) is 3.84. The Hall–Kier alpha value is -1.84. The smallest absolute Gasteiger partial charge is 0.321 e. The Labute approximate surface area is 126 Å². The zero-order valence-corrected chi connectivity index (χ0v) is 13.1. The van der Waals surface area contributed by atoms with E-state index in [1.165, 1.54) is 6.92 Å². The third-order valence-electron chi connectivity index (χ3n) is 4.63. The van der Waals surface area contributed by atoms with Gasteiger partial charge in [-0.25, -0.2) is 4.79 Å². The zero-order chi connectivity index (χ0) is 15.5. The Kier molecular flexibility index (Phi) is 4.66. The fourth-order valence-corrected chi connectivity index (χ4v) is 2.62. The summed E-state index contributed by atoms with van der Waals surface area (Å²) in [5, 5.41) is 2.89. The lowest BCUT2D eigenvalue weighted by atomic mass is 9.78. The summed E-state index contributed by atoms with van der Waals surface area (Å²) >= 11 is 0. The Morgan fingerprint density at radius 2 is 1.95 bits per heavy atom. The number of Topliss-reactive ketones (excluding diaryl/α,β-unsaturated/α-hetero) is 1. The van der Waals surface area contributed by atoms with Crippen LogP contribution in [-0.2, 0) is 0 Å². The molecule has 1 aliphatic rings. The number of piperidine rings is 1. The minimum Gasteiger partial charge on any atom is -0.324 e. The first kappa shape index (κ1) is 15.5. The van der Waals surface area contributed by atoms with Crippen molar-refractivity contribution in [2.75, 3.05) is 18.4 Å². The van der Waals surface area contributed by atoms with E-state index in [2.05, 4.69) is 19.2 Å². The molecule has 1 N–H and O–H groups in total. The number of hydrogen-bond donors (Lipinski definition) is 1. The predicted octanol–water partition coefficient (Wildman–Crippen LogP) is 3.93. The van der Waals surface area contributed by atoms with Crippen LogP contribution in [0.15, 0.2) is 24.3 Å². The average molecular weight is 288 g/mol. The van der Waals surface area contributed by atoms with E-state index in [1.54, 1.807) is 18.2 Å². The van der Waals surface area contributed by atoms with Gasteiger partial charge >= 0.3 is 6.03 Å². The van der Waals surface area contributed by atoms with Gasteiger partial charge in [-0.3, -0.25) is 4.79 Å². The first-order chi connectivity index (χ1) is 9.93. The number of amides is 2. The standard InChI is InChI=1S/C17H24N2O2/c1-4-17(3)8-10-19(11-9-17)16(21)18-15-7-5-6-14(12-15)13(2)20/h5-7,12H,4,8-11H2,1-3H3,(H,18,21). The summed E-state index contributed by atoms with van der Waals surface area (Å²) in [7, 11) is 0. The molecule has 0 aromatic heterocycles. The molecular weight excluding hydrogens is 264 g/mol. The van der Waals surface area contributed by atoms with Gasteiger partial charge in [-0.2, -0.15) is 0 Å². The van der Waals surface area contributed by atoms with E-state index in [4.69, 9.17) is 0 Å². The number of hydrogen-bond acceptors (Lipinski definition) is 2. The van der Waals surface area contributed by atoms with Crippen LogP contribution < -0.4 is 5.32 Å². The number of benzene rings is 1. The molecule has 114 valence electrons. The average Bonchev–Trinajstić information content (AvgIpc) is 2.48. The summed E-state index contributed by atoms with van der Waals surface area (Å²) in [5.41, 5.74) is 1.66. The summed E-state index contributed by atoms with van der Waals surface area (Å²) < 4.78 is 0. The van der Waals surface area contributed by atoms with E-state index < -0.39 is 0 Å². The van der Waals surface area contributed by atoms with Crippen LogP contribution in [0.25, 0.3) is 0 Å². The SMILES string of the molecule is CCC1(C)CCN(C(=O)Nc2cccc(C(C)=O)c2)CC1. The molecule has 0 atom stereocenters. The number of urea groups is 1. The molecule has 0 radical (unpaired) electrons. The predicted molar refractivity (Wildman–Crippen MR) is 84.7 cm³/mol.